The molecular formula is C26H17BrClF6N3O2. The van der Waals surface area contributed by atoms with Gasteiger partial charge in [0.2, 0.25) is 0 Å². The van der Waals surface area contributed by atoms with E-state index >= 15 is 0 Å². The fourth-order valence-electron chi connectivity index (χ4n) is 4.48. The topological polar surface area (TPSA) is 61.8 Å². The third kappa shape index (κ3) is 5.53. The van der Waals surface area contributed by atoms with E-state index in [2.05, 4.69) is 21.0 Å². The predicted molar refractivity (Wildman–Crippen MR) is 135 cm³/mol. The lowest BCUT2D eigenvalue weighted by Gasteiger charge is -2.36. The maximum atomic E-state index is 13.4. The maximum absolute atomic E-state index is 13.4. The van der Waals surface area contributed by atoms with Gasteiger partial charge >= 0.3 is 24.3 Å². The lowest BCUT2D eigenvalue weighted by molar-refractivity contribution is -0.172. The molecule has 0 bridgehead atoms. The lowest BCUT2D eigenvalue weighted by atomic mass is 9.69. The second-order valence-electron chi connectivity index (χ2n) is 8.77. The van der Waals surface area contributed by atoms with Gasteiger partial charge in [0.1, 0.15) is 0 Å². The van der Waals surface area contributed by atoms with Gasteiger partial charge in [0.15, 0.2) is 0 Å². The molecule has 3 amide bonds. The molecule has 204 valence electrons. The van der Waals surface area contributed by atoms with E-state index in [1.165, 1.54) is 5.32 Å². The van der Waals surface area contributed by atoms with Crippen LogP contribution in [0.15, 0.2) is 82.4 Å². The standard InChI is InChI=1S/C26H17BrClF6N3O2/c1-24(16-5-3-2-4-6-16)20(15-9-12-18(19(28)13-15)25(29,30)31)36-37(23(39)35-22(38)26(32,33)34)21(24)14-7-10-17(27)11-8-14/h2-13,21H,1H3,(H,35,38,39). The minimum absolute atomic E-state index is 0.0480. The number of hydrogen-bond donors (Lipinski definition) is 1. The molecule has 1 heterocycles. The van der Waals surface area contributed by atoms with Crippen molar-refractivity contribution in [3.63, 3.8) is 0 Å². The maximum Gasteiger partial charge on any atom is 0.471 e. The van der Waals surface area contributed by atoms with E-state index in [9.17, 15) is 35.9 Å². The molecule has 5 nitrogen and oxygen atoms in total. The van der Waals surface area contributed by atoms with Crippen LogP contribution < -0.4 is 5.32 Å². The van der Waals surface area contributed by atoms with E-state index in [1.807, 2.05) is 0 Å². The highest BCUT2D eigenvalue weighted by atomic mass is 79.9. The fraction of sp³-hybridized carbons (Fsp3) is 0.192. The summed E-state index contributed by atoms with van der Waals surface area (Å²) in [7, 11) is 0. The first-order valence-corrected chi connectivity index (χ1v) is 12.3. The van der Waals surface area contributed by atoms with E-state index in [0.29, 0.717) is 20.6 Å². The van der Waals surface area contributed by atoms with Crippen LogP contribution in [-0.2, 0) is 16.4 Å². The predicted octanol–water partition coefficient (Wildman–Crippen LogP) is 7.64. The van der Waals surface area contributed by atoms with Crippen molar-refractivity contribution in [2.45, 2.75) is 30.7 Å². The summed E-state index contributed by atoms with van der Waals surface area (Å²) in [5, 5.41) is 5.67. The summed E-state index contributed by atoms with van der Waals surface area (Å²) in [6.45, 7) is 1.65. The minimum Gasteiger partial charge on any atom is -0.269 e. The average molecular weight is 633 g/mol. The molecule has 3 aromatic rings. The van der Waals surface area contributed by atoms with Crippen LogP contribution in [0, 0.1) is 0 Å². The molecule has 0 spiro atoms. The van der Waals surface area contributed by atoms with Crippen molar-refractivity contribution >= 4 is 45.2 Å². The first kappa shape index (κ1) is 28.6. The summed E-state index contributed by atoms with van der Waals surface area (Å²) >= 11 is 9.29. The van der Waals surface area contributed by atoms with E-state index in [1.54, 1.807) is 61.5 Å². The number of halogens is 8. The number of imide groups is 1. The smallest absolute Gasteiger partial charge is 0.269 e. The number of hydrogen-bond acceptors (Lipinski definition) is 3. The molecule has 1 aliphatic rings. The Morgan fingerprint density at radius 1 is 0.974 bits per heavy atom. The monoisotopic (exact) mass is 631 g/mol. The van der Waals surface area contributed by atoms with E-state index in [-0.39, 0.29) is 11.3 Å². The van der Waals surface area contributed by atoms with E-state index < -0.39 is 46.3 Å². The zero-order valence-corrected chi connectivity index (χ0v) is 22.1. The number of hydrazone groups is 1. The number of nitrogens with zero attached hydrogens (tertiary/aromatic N) is 2. The quantitative estimate of drug-likeness (QED) is 0.302. The molecule has 1 aliphatic heterocycles. The Bertz CT molecular complexity index is 1440. The van der Waals surface area contributed by atoms with Crippen molar-refractivity contribution in [1.29, 1.82) is 0 Å². The second kappa shape index (κ2) is 10.3. The first-order valence-electron chi connectivity index (χ1n) is 11.1. The summed E-state index contributed by atoms with van der Waals surface area (Å²) in [4.78, 5) is 24.7. The average Bonchev–Trinajstić information content (AvgIpc) is 3.18. The van der Waals surface area contributed by atoms with Crippen LogP contribution >= 0.6 is 27.5 Å². The molecule has 0 fully saturated rings. The molecule has 3 aromatic carbocycles. The van der Waals surface area contributed by atoms with Gasteiger partial charge < -0.3 is 0 Å². The van der Waals surface area contributed by atoms with Gasteiger partial charge in [-0.15, -0.1) is 0 Å². The Balaban J connectivity index is 1.95. The van der Waals surface area contributed by atoms with E-state index in [0.717, 1.165) is 18.2 Å². The van der Waals surface area contributed by atoms with Gasteiger partial charge in [0.05, 0.1) is 27.8 Å². The summed E-state index contributed by atoms with van der Waals surface area (Å²) in [6.07, 6.45) is -10.1. The Kier molecular flexibility index (Phi) is 7.56. The van der Waals surface area contributed by atoms with Gasteiger partial charge in [-0.3, -0.25) is 10.1 Å². The van der Waals surface area contributed by atoms with Crippen LogP contribution in [0.4, 0.5) is 31.1 Å². The molecule has 0 radical (unpaired) electrons. The van der Waals surface area contributed by atoms with Crippen molar-refractivity contribution in [2.24, 2.45) is 5.10 Å². The zero-order valence-electron chi connectivity index (χ0n) is 19.7. The highest BCUT2D eigenvalue weighted by molar-refractivity contribution is 9.10. The van der Waals surface area contributed by atoms with Crippen LogP contribution in [0.1, 0.15) is 35.2 Å². The number of carbonyl (C=O) groups is 2. The van der Waals surface area contributed by atoms with Crippen LogP contribution in [0.25, 0.3) is 0 Å². The highest BCUT2D eigenvalue weighted by Crippen LogP contribution is 2.49. The highest BCUT2D eigenvalue weighted by Gasteiger charge is 2.53. The number of nitrogens with one attached hydrogen (secondary N) is 1. The zero-order chi connectivity index (χ0) is 28.8. The van der Waals surface area contributed by atoms with Gasteiger partial charge in [-0.25, -0.2) is 9.80 Å². The summed E-state index contributed by atoms with van der Waals surface area (Å²) in [6, 6.07) is 15.3. The lowest BCUT2D eigenvalue weighted by Crippen LogP contribution is -2.48. The van der Waals surface area contributed by atoms with Gasteiger partial charge in [-0.05, 0) is 42.3 Å². The minimum atomic E-state index is -5.35. The Hall–Kier alpha value is -3.38. The van der Waals surface area contributed by atoms with Gasteiger partial charge in [0, 0.05) is 10.0 Å². The molecule has 39 heavy (non-hydrogen) atoms. The number of amides is 3. The van der Waals surface area contributed by atoms with Crippen molar-refractivity contribution < 1.29 is 35.9 Å². The van der Waals surface area contributed by atoms with Crippen molar-refractivity contribution in [2.75, 3.05) is 0 Å². The van der Waals surface area contributed by atoms with Gasteiger partial charge in [0.25, 0.3) is 0 Å². The van der Waals surface area contributed by atoms with Crippen LogP contribution in [-0.4, -0.2) is 28.8 Å². The Morgan fingerprint density at radius 3 is 2.13 bits per heavy atom. The molecule has 4 rings (SSSR count). The number of benzene rings is 3. The normalized spacial score (nSPS) is 19.6. The molecule has 1 N–H and O–H groups in total. The third-order valence-electron chi connectivity index (χ3n) is 6.28. The van der Waals surface area contributed by atoms with Gasteiger partial charge in [-0.1, -0.05) is 76.1 Å². The number of carbonyl (C=O) groups excluding carboxylic acids is 2. The molecule has 2 atom stereocenters. The van der Waals surface area contributed by atoms with Crippen LogP contribution in [0.5, 0.6) is 0 Å². The third-order valence-corrected chi connectivity index (χ3v) is 7.13. The van der Waals surface area contributed by atoms with Crippen molar-refractivity contribution in [1.82, 2.24) is 10.3 Å². The number of rotatable bonds is 3. The molecular weight excluding hydrogens is 616 g/mol. The molecule has 0 aliphatic carbocycles. The summed E-state index contributed by atoms with van der Waals surface area (Å²) in [5.41, 5.74) is -1.30. The largest absolute Gasteiger partial charge is 0.471 e. The van der Waals surface area contributed by atoms with Crippen LogP contribution in [0.3, 0.4) is 0 Å². The van der Waals surface area contributed by atoms with Crippen molar-refractivity contribution in [3.8, 4) is 0 Å². The second-order valence-corrected chi connectivity index (χ2v) is 10.1. The Labute approximate surface area is 231 Å². The van der Waals surface area contributed by atoms with Gasteiger partial charge in [-0.2, -0.15) is 31.4 Å². The molecule has 13 heteroatoms. The Morgan fingerprint density at radius 2 is 1.59 bits per heavy atom. The van der Waals surface area contributed by atoms with Crippen LogP contribution in [0.2, 0.25) is 5.02 Å². The summed E-state index contributed by atoms with van der Waals surface area (Å²) in [5.74, 6) is -2.50. The molecule has 0 saturated carbocycles. The fourth-order valence-corrected chi connectivity index (χ4v) is 5.03. The SMILES string of the molecule is CC1(c2ccccc2)C(c2ccc(C(F)(F)F)c(Cl)c2)=NN(C(=O)NC(=O)C(F)(F)F)C1c1ccc(Br)cc1. The number of urea groups is 1. The number of alkyl halides is 6. The first-order chi connectivity index (χ1) is 18.1. The molecule has 2 unspecified atom stereocenters. The molecule has 0 aromatic heterocycles. The van der Waals surface area contributed by atoms with E-state index in [4.69, 9.17) is 11.6 Å². The van der Waals surface area contributed by atoms with Crippen molar-refractivity contribution in [3.05, 3.63) is 105 Å². The summed E-state index contributed by atoms with van der Waals surface area (Å²) < 4.78 is 79.7. The molecule has 0 saturated heterocycles.